The van der Waals surface area contributed by atoms with Crippen molar-refractivity contribution in [2.75, 3.05) is 0 Å². The minimum atomic E-state index is 0.0626. The largest absolute Gasteiger partial charge is 0.289 e. The van der Waals surface area contributed by atoms with Crippen molar-refractivity contribution in [1.82, 2.24) is 0 Å². The van der Waals surface area contributed by atoms with Gasteiger partial charge < -0.3 is 0 Å². The Morgan fingerprint density at radius 1 is 0.464 bits per heavy atom. The summed E-state index contributed by atoms with van der Waals surface area (Å²) in [5.41, 5.74) is 3.83. The zero-order valence-electron chi connectivity index (χ0n) is 15.3. The maximum absolute atomic E-state index is 13.5. The van der Waals surface area contributed by atoms with Crippen LogP contribution in [0.4, 0.5) is 0 Å². The molecule has 0 saturated heterocycles. The van der Waals surface area contributed by atoms with Gasteiger partial charge in [0.25, 0.3) is 0 Å². The molecule has 0 aliphatic rings. The Kier molecular flexibility index (Phi) is 3.99. The number of hydrogen-bond donors (Lipinski definition) is 0. The summed E-state index contributed by atoms with van der Waals surface area (Å²) < 4.78 is 0. The molecule has 28 heavy (non-hydrogen) atoms. The standard InChI is InChI=1S/C27H18O/c28-27(20-13-5-2-6-14-20)26-23-17-9-7-15-21(23)25(19-11-3-1-4-12-19)22-16-8-10-18-24(22)26/h1-18H. The van der Waals surface area contributed by atoms with Crippen LogP contribution < -0.4 is 0 Å². The fraction of sp³-hybridized carbons (Fsp3) is 0. The summed E-state index contributed by atoms with van der Waals surface area (Å²) >= 11 is 0. The van der Waals surface area contributed by atoms with E-state index in [2.05, 4.69) is 48.5 Å². The fourth-order valence-corrected chi connectivity index (χ4v) is 4.02. The van der Waals surface area contributed by atoms with Gasteiger partial charge in [-0.1, -0.05) is 109 Å². The van der Waals surface area contributed by atoms with Crippen LogP contribution >= 0.6 is 0 Å². The van der Waals surface area contributed by atoms with Crippen LogP contribution in [0.5, 0.6) is 0 Å². The Bertz CT molecular complexity index is 1250. The molecule has 0 atom stereocenters. The SMILES string of the molecule is O=C(c1ccccc1)c1c2ccccc2c(-c2ccccc2)c2ccccc12. The maximum Gasteiger partial charge on any atom is 0.194 e. The van der Waals surface area contributed by atoms with Crippen LogP contribution in [0.3, 0.4) is 0 Å². The van der Waals surface area contributed by atoms with Crippen molar-refractivity contribution in [2.45, 2.75) is 0 Å². The lowest BCUT2D eigenvalue weighted by atomic mass is 9.86. The number of rotatable bonds is 3. The number of carbonyl (C=O) groups is 1. The van der Waals surface area contributed by atoms with Crippen LogP contribution in [0.25, 0.3) is 32.7 Å². The zero-order valence-corrected chi connectivity index (χ0v) is 15.3. The van der Waals surface area contributed by atoms with Gasteiger partial charge in [-0.2, -0.15) is 0 Å². The molecule has 0 radical (unpaired) electrons. The first-order valence-corrected chi connectivity index (χ1v) is 9.43. The Labute approximate surface area is 163 Å². The highest BCUT2D eigenvalue weighted by Gasteiger charge is 2.20. The molecule has 0 spiro atoms. The second-order valence-corrected chi connectivity index (χ2v) is 6.90. The number of fused-ring (bicyclic) bond motifs is 2. The lowest BCUT2D eigenvalue weighted by Crippen LogP contribution is -2.04. The summed E-state index contributed by atoms with van der Waals surface area (Å²) in [5.74, 6) is 0.0626. The van der Waals surface area contributed by atoms with E-state index in [-0.39, 0.29) is 5.78 Å². The van der Waals surface area contributed by atoms with Gasteiger partial charge in [-0.05, 0) is 32.7 Å². The van der Waals surface area contributed by atoms with Gasteiger partial charge in [0.15, 0.2) is 5.78 Å². The van der Waals surface area contributed by atoms with E-state index in [1.807, 2.05) is 60.7 Å². The highest BCUT2D eigenvalue weighted by Crippen LogP contribution is 2.39. The van der Waals surface area contributed by atoms with Crippen LogP contribution in [0.1, 0.15) is 15.9 Å². The van der Waals surface area contributed by atoms with Crippen molar-refractivity contribution in [3.05, 3.63) is 120 Å². The number of carbonyl (C=O) groups excluding carboxylic acids is 1. The summed E-state index contributed by atoms with van der Waals surface area (Å²) in [6.45, 7) is 0. The van der Waals surface area contributed by atoms with Gasteiger partial charge in [0.2, 0.25) is 0 Å². The number of benzene rings is 5. The van der Waals surface area contributed by atoms with Gasteiger partial charge in [-0.25, -0.2) is 0 Å². The first-order valence-electron chi connectivity index (χ1n) is 9.43. The third kappa shape index (κ3) is 2.60. The van der Waals surface area contributed by atoms with E-state index in [0.29, 0.717) is 5.56 Å². The Hall–Kier alpha value is -3.71. The molecule has 5 rings (SSSR count). The average molecular weight is 358 g/mol. The molecular formula is C27H18O. The van der Waals surface area contributed by atoms with Gasteiger partial charge in [0.05, 0.1) is 0 Å². The molecule has 0 aliphatic carbocycles. The molecular weight excluding hydrogens is 340 g/mol. The minimum Gasteiger partial charge on any atom is -0.289 e. The molecule has 0 heterocycles. The normalized spacial score (nSPS) is 11.0. The minimum absolute atomic E-state index is 0.0626. The predicted octanol–water partition coefficient (Wildman–Crippen LogP) is 6.89. The third-order valence-electron chi connectivity index (χ3n) is 5.26. The first kappa shape index (κ1) is 16.5. The molecule has 132 valence electrons. The lowest BCUT2D eigenvalue weighted by Gasteiger charge is -2.16. The summed E-state index contributed by atoms with van der Waals surface area (Å²) in [7, 11) is 0. The highest BCUT2D eigenvalue weighted by atomic mass is 16.1. The number of hydrogen-bond acceptors (Lipinski definition) is 1. The molecule has 5 aromatic rings. The van der Waals surface area contributed by atoms with Crippen molar-refractivity contribution in [1.29, 1.82) is 0 Å². The summed E-state index contributed by atoms with van der Waals surface area (Å²) in [6.07, 6.45) is 0. The quantitative estimate of drug-likeness (QED) is 0.253. The first-order chi connectivity index (χ1) is 13.8. The topological polar surface area (TPSA) is 17.1 Å². The van der Waals surface area contributed by atoms with Crippen LogP contribution in [0, 0.1) is 0 Å². The summed E-state index contributed by atoms with van der Waals surface area (Å²) in [4.78, 5) is 13.5. The molecule has 0 fully saturated rings. The van der Waals surface area contributed by atoms with Gasteiger partial charge >= 0.3 is 0 Å². The van der Waals surface area contributed by atoms with Crippen molar-refractivity contribution in [3.8, 4) is 11.1 Å². The van der Waals surface area contributed by atoms with E-state index in [0.717, 1.165) is 32.7 Å². The van der Waals surface area contributed by atoms with E-state index in [1.54, 1.807) is 0 Å². The molecule has 0 N–H and O–H groups in total. The molecule has 0 saturated carbocycles. The third-order valence-corrected chi connectivity index (χ3v) is 5.26. The Morgan fingerprint density at radius 3 is 1.43 bits per heavy atom. The van der Waals surface area contributed by atoms with Crippen molar-refractivity contribution in [3.63, 3.8) is 0 Å². The average Bonchev–Trinajstić information content (AvgIpc) is 2.78. The monoisotopic (exact) mass is 358 g/mol. The Balaban J connectivity index is 1.94. The van der Waals surface area contributed by atoms with Gasteiger partial charge in [0.1, 0.15) is 0 Å². The smallest absolute Gasteiger partial charge is 0.194 e. The second-order valence-electron chi connectivity index (χ2n) is 6.90. The zero-order chi connectivity index (χ0) is 18.9. The molecule has 0 unspecified atom stereocenters. The van der Waals surface area contributed by atoms with Gasteiger partial charge in [0, 0.05) is 11.1 Å². The van der Waals surface area contributed by atoms with Crippen molar-refractivity contribution >= 4 is 27.3 Å². The van der Waals surface area contributed by atoms with Crippen LogP contribution in [-0.2, 0) is 0 Å². The van der Waals surface area contributed by atoms with E-state index >= 15 is 0 Å². The molecule has 1 heteroatoms. The van der Waals surface area contributed by atoms with Crippen LogP contribution in [-0.4, -0.2) is 5.78 Å². The highest BCUT2D eigenvalue weighted by molar-refractivity contribution is 6.28. The van der Waals surface area contributed by atoms with E-state index in [4.69, 9.17) is 0 Å². The molecule has 0 amide bonds. The van der Waals surface area contributed by atoms with Gasteiger partial charge in [-0.3, -0.25) is 4.79 Å². The molecule has 5 aromatic carbocycles. The summed E-state index contributed by atoms with van der Waals surface area (Å²) in [6, 6.07) is 36.4. The fourth-order valence-electron chi connectivity index (χ4n) is 4.02. The second kappa shape index (κ2) is 6.79. The van der Waals surface area contributed by atoms with E-state index in [1.165, 1.54) is 5.56 Å². The maximum atomic E-state index is 13.5. The molecule has 1 nitrogen and oxygen atoms in total. The Morgan fingerprint density at radius 2 is 0.893 bits per heavy atom. The predicted molar refractivity (Wildman–Crippen MR) is 117 cm³/mol. The van der Waals surface area contributed by atoms with Gasteiger partial charge in [-0.15, -0.1) is 0 Å². The van der Waals surface area contributed by atoms with E-state index in [9.17, 15) is 4.79 Å². The van der Waals surface area contributed by atoms with Crippen molar-refractivity contribution in [2.24, 2.45) is 0 Å². The molecule has 0 aliphatic heterocycles. The van der Waals surface area contributed by atoms with Crippen LogP contribution in [0.2, 0.25) is 0 Å². The molecule has 0 bridgehead atoms. The molecule has 0 aromatic heterocycles. The number of ketones is 1. The van der Waals surface area contributed by atoms with E-state index < -0.39 is 0 Å². The van der Waals surface area contributed by atoms with Crippen LogP contribution in [0.15, 0.2) is 109 Å². The lowest BCUT2D eigenvalue weighted by molar-refractivity contribution is 0.104. The van der Waals surface area contributed by atoms with Crippen molar-refractivity contribution < 1.29 is 4.79 Å². The summed E-state index contributed by atoms with van der Waals surface area (Å²) in [5, 5.41) is 4.20.